The summed E-state index contributed by atoms with van der Waals surface area (Å²) in [4.78, 5) is 0. The first-order valence-corrected chi connectivity index (χ1v) is 5.87. The molecule has 2 fully saturated rings. The van der Waals surface area contributed by atoms with Crippen LogP contribution in [0.2, 0.25) is 0 Å². The molecule has 0 saturated heterocycles. The summed E-state index contributed by atoms with van der Waals surface area (Å²) in [7, 11) is 0. The third-order valence-corrected chi connectivity index (χ3v) is 4.45. The molecule has 1 aromatic heterocycles. The lowest BCUT2D eigenvalue weighted by molar-refractivity contribution is 0.0229. The molecular weight excluding hydrogens is 202 g/mol. The smallest absolute Gasteiger partial charge is 0.101 e. The molecule has 2 saturated carbocycles. The number of rotatable bonds is 2. The minimum Gasteiger partial charge on any atom is -0.472 e. The molecule has 0 aromatic carbocycles. The molecule has 1 N–H and O–H groups in total. The Hall–Kier alpha value is -1.27. The summed E-state index contributed by atoms with van der Waals surface area (Å²) < 4.78 is 5.00. The number of aliphatic hydroxyl groups excluding tert-OH is 1. The highest BCUT2D eigenvalue weighted by atomic mass is 16.3. The van der Waals surface area contributed by atoms with E-state index in [-0.39, 0.29) is 0 Å². The molecule has 4 atom stereocenters. The fraction of sp³-hybridized carbons (Fsp3) is 0.615. The molecule has 84 valence electrons. The first-order valence-electron chi connectivity index (χ1n) is 5.87. The Balaban J connectivity index is 1.95. The van der Waals surface area contributed by atoms with Gasteiger partial charge in [0.25, 0.3) is 0 Å². The lowest BCUT2D eigenvalue weighted by atomic mass is 9.69. The predicted molar refractivity (Wildman–Crippen MR) is 57.2 cm³/mol. The molecule has 1 aromatic rings. The molecule has 1 heterocycles. The van der Waals surface area contributed by atoms with Crippen LogP contribution in [-0.2, 0) is 0 Å². The molecule has 3 nitrogen and oxygen atoms in total. The van der Waals surface area contributed by atoms with Crippen LogP contribution in [0.25, 0.3) is 0 Å². The molecule has 0 spiro atoms. The standard InChI is InChI=1S/C13H15NO2/c14-8-13(6-9-1-2-11(13)5-9)12(15)10-3-4-16-7-10/h3-4,7,9,11-12,15H,1-2,5-6H2. The van der Waals surface area contributed by atoms with E-state index in [1.807, 2.05) is 0 Å². The molecule has 3 heteroatoms. The molecular formula is C13H15NO2. The Kier molecular flexibility index (Phi) is 2.08. The molecule has 2 aliphatic rings. The fourth-order valence-electron chi connectivity index (χ4n) is 3.63. The van der Waals surface area contributed by atoms with E-state index >= 15 is 0 Å². The van der Waals surface area contributed by atoms with Gasteiger partial charge in [-0.05, 0) is 37.2 Å². The third kappa shape index (κ3) is 1.17. The van der Waals surface area contributed by atoms with Crippen molar-refractivity contribution in [3.8, 4) is 6.07 Å². The summed E-state index contributed by atoms with van der Waals surface area (Å²) in [5.74, 6) is 1.01. The van der Waals surface area contributed by atoms with Gasteiger partial charge in [-0.25, -0.2) is 0 Å². The SMILES string of the molecule is N#CC1(C(O)c2ccoc2)CC2CCC1C2. The van der Waals surface area contributed by atoms with Crippen molar-refractivity contribution in [3.05, 3.63) is 24.2 Å². The predicted octanol–water partition coefficient (Wildman–Crippen LogP) is 2.64. The van der Waals surface area contributed by atoms with Gasteiger partial charge in [-0.15, -0.1) is 0 Å². The monoisotopic (exact) mass is 217 g/mol. The average Bonchev–Trinajstić information content (AvgIpc) is 3.03. The van der Waals surface area contributed by atoms with Crippen molar-refractivity contribution in [1.29, 1.82) is 5.26 Å². The second-order valence-electron chi connectivity index (χ2n) is 5.19. The van der Waals surface area contributed by atoms with E-state index in [1.165, 1.54) is 6.42 Å². The van der Waals surface area contributed by atoms with E-state index in [0.29, 0.717) is 11.8 Å². The van der Waals surface area contributed by atoms with Gasteiger partial charge in [-0.1, -0.05) is 6.42 Å². The molecule has 0 radical (unpaired) electrons. The molecule has 4 unspecified atom stereocenters. The van der Waals surface area contributed by atoms with Gasteiger partial charge < -0.3 is 9.52 Å². The van der Waals surface area contributed by atoms with Crippen LogP contribution >= 0.6 is 0 Å². The number of furan rings is 1. The van der Waals surface area contributed by atoms with E-state index in [9.17, 15) is 10.4 Å². The summed E-state index contributed by atoms with van der Waals surface area (Å²) in [5, 5.41) is 19.9. The van der Waals surface area contributed by atoms with Crippen molar-refractivity contribution in [2.24, 2.45) is 17.3 Å². The van der Waals surface area contributed by atoms with Gasteiger partial charge >= 0.3 is 0 Å². The molecule has 0 amide bonds. The van der Waals surface area contributed by atoms with Crippen LogP contribution < -0.4 is 0 Å². The Morgan fingerprint density at radius 1 is 1.56 bits per heavy atom. The van der Waals surface area contributed by atoms with E-state index in [0.717, 1.165) is 24.8 Å². The summed E-state index contributed by atoms with van der Waals surface area (Å²) in [5.41, 5.74) is 0.182. The maximum atomic E-state index is 10.4. The summed E-state index contributed by atoms with van der Waals surface area (Å²) in [6, 6.07) is 4.16. The number of hydrogen-bond donors (Lipinski definition) is 1. The number of nitrogens with zero attached hydrogens (tertiary/aromatic N) is 1. The Labute approximate surface area is 94.7 Å². The highest BCUT2D eigenvalue weighted by Crippen LogP contribution is 2.60. The van der Waals surface area contributed by atoms with E-state index in [1.54, 1.807) is 18.6 Å². The molecule has 2 bridgehead atoms. The maximum Gasteiger partial charge on any atom is 0.101 e. The second-order valence-corrected chi connectivity index (χ2v) is 5.19. The van der Waals surface area contributed by atoms with Crippen molar-refractivity contribution in [2.45, 2.75) is 31.8 Å². The van der Waals surface area contributed by atoms with Crippen LogP contribution in [-0.4, -0.2) is 5.11 Å². The lowest BCUT2D eigenvalue weighted by Gasteiger charge is -2.34. The van der Waals surface area contributed by atoms with Crippen LogP contribution in [0, 0.1) is 28.6 Å². The average molecular weight is 217 g/mol. The topological polar surface area (TPSA) is 57.2 Å². The highest BCUT2D eigenvalue weighted by molar-refractivity contribution is 5.23. The number of aliphatic hydroxyl groups is 1. The van der Waals surface area contributed by atoms with Crippen LogP contribution in [0.5, 0.6) is 0 Å². The second kappa shape index (κ2) is 3.36. The minimum atomic E-state index is -0.688. The first kappa shape index (κ1) is 9.92. The van der Waals surface area contributed by atoms with Gasteiger partial charge in [0.05, 0.1) is 24.0 Å². The fourth-order valence-corrected chi connectivity index (χ4v) is 3.63. The van der Waals surface area contributed by atoms with Crippen LogP contribution in [0.3, 0.4) is 0 Å². The zero-order valence-corrected chi connectivity index (χ0v) is 9.10. The first-order chi connectivity index (χ1) is 7.76. The zero-order valence-electron chi connectivity index (χ0n) is 9.10. The normalized spacial score (nSPS) is 38.5. The van der Waals surface area contributed by atoms with Crippen molar-refractivity contribution < 1.29 is 9.52 Å². The van der Waals surface area contributed by atoms with Gasteiger partial charge in [0.2, 0.25) is 0 Å². The zero-order chi connectivity index (χ0) is 11.2. The van der Waals surface area contributed by atoms with Crippen molar-refractivity contribution in [1.82, 2.24) is 0 Å². The molecule has 0 aliphatic heterocycles. The largest absolute Gasteiger partial charge is 0.472 e. The minimum absolute atomic E-state index is 0.368. The van der Waals surface area contributed by atoms with Gasteiger partial charge in [-0.2, -0.15) is 5.26 Å². The number of fused-ring (bicyclic) bond motifs is 2. The van der Waals surface area contributed by atoms with E-state index in [2.05, 4.69) is 6.07 Å². The van der Waals surface area contributed by atoms with Gasteiger partial charge in [-0.3, -0.25) is 0 Å². The van der Waals surface area contributed by atoms with Crippen molar-refractivity contribution in [3.63, 3.8) is 0 Å². The van der Waals surface area contributed by atoms with Gasteiger partial charge in [0.1, 0.15) is 6.10 Å². The molecule has 16 heavy (non-hydrogen) atoms. The Bertz CT molecular complexity index is 420. The highest BCUT2D eigenvalue weighted by Gasteiger charge is 2.55. The third-order valence-electron chi connectivity index (χ3n) is 4.45. The van der Waals surface area contributed by atoms with Crippen LogP contribution in [0.15, 0.2) is 23.0 Å². The van der Waals surface area contributed by atoms with Crippen LogP contribution in [0.4, 0.5) is 0 Å². The van der Waals surface area contributed by atoms with Crippen LogP contribution in [0.1, 0.15) is 37.4 Å². The van der Waals surface area contributed by atoms with Crippen molar-refractivity contribution >= 4 is 0 Å². The molecule has 2 aliphatic carbocycles. The summed E-state index contributed by atoms with van der Waals surface area (Å²) in [6.07, 6.45) is 6.70. The van der Waals surface area contributed by atoms with E-state index in [4.69, 9.17) is 4.42 Å². The summed E-state index contributed by atoms with van der Waals surface area (Å²) >= 11 is 0. The number of hydrogen-bond acceptors (Lipinski definition) is 3. The van der Waals surface area contributed by atoms with E-state index < -0.39 is 11.5 Å². The summed E-state index contributed by atoms with van der Waals surface area (Å²) in [6.45, 7) is 0. The Morgan fingerprint density at radius 2 is 2.44 bits per heavy atom. The lowest BCUT2D eigenvalue weighted by Crippen LogP contribution is -2.33. The number of nitriles is 1. The van der Waals surface area contributed by atoms with Crippen molar-refractivity contribution in [2.75, 3.05) is 0 Å². The Morgan fingerprint density at radius 3 is 2.94 bits per heavy atom. The maximum absolute atomic E-state index is 10.4. The van der Waals surface area contributed by atoms with Gasteiger partial charge in [0, 0.05) is 5.56 Å². The quantitative estimate of drug-likeness (QED) is 0.828. The van der Waals surface area contributed by atoms with Gasteiger partial charge in [0.15, 0.2) is 0 Å². The molecule has 3 rings (SSSR count).